The van der Waals surface area contributed by atoms with Crippen LogP contribution >= 0.6 is 11.8 Å². The molecular formula is C10H9FO2S. The summed E-state index contributed by atoms with van der Waals surface area (Å²) in [5.74, 6) is -1.77. The lowest BCUT2D eigenvalue weighted by Gasteiger charge is -2.08. The van der Waals surface area contributed by atoms with Gasteiger partial charge in [0, 0.05) is 10.1 Å². The van der Waals surface area contributed by atoms with Crippen molar-refractivity contribution in [2.24, 2.45) is 0 Å². The summed E-state index contributed by atoms with van der Waals surface area (Å²) in [4.78, 5) is 11.4. The number of hydrogen-bond acceptors (Lipinski definition) is 2. The molecule has 1 aromatic rings. The molecule has 2 rings (SSSR count). The highest BCUT2D eigenvalue weighted by atomic mass is 32.2. The molecule has 0 saturated carbocycles. The Hall–Kier alpha value is -1.03. The number of thioether (sulfide) groups is 1. The summed E-state index contributed by atoms with van der Waals surface area (Å²) in [5, 5.41) is 8.89. The van der Waals surface area contributed by atoms with Gasteiger partial charge in [0.2, 0.25) is 0 Å². The second kappa shape index (κ2) is 3.28. The first kappa shape index (κ1) is 9.52. The van der Waals surface area contributed by atoms with Crippen molar-refractivity contribution < 1.29 is 14.3 Å². The third-order valence-electron chi connectivity index (χ3n) is 2.37. The van der Waals surface area contributed by atoms with Gasteiger partial charge in [-0.3, -0.25) is 4.79 Å². The van der Waals surface area contributed by atoms with E-state index in [4.69, 9.17) is 5.11 Å². The largest absolute Gasteiger partial charge is 0.481 e. The van der Waals surface area contributed by atoms with Gasteiger partial charge in [-0.2, -0.15) is 0 Å². The van der Waals surface area contributed by atoms with E-state index >= 15 is 0 Å². The van der Waals surface area contributed by atoms with Gasteiger partial charge in [-0.1, -0.05) is 19.1 Å². The zero-order valence-corrected chi connectivity index (χ0v) is 8.34. The normalized spacial score (nSPS) is 24.7. The van der Waals surface area contributed by atoms with Gasteiger partial charge in [0.05, 0.1) is 5.92 Å². The van der Waals surface area contributed by atoms with Crippen LogP contribution in [-0.2, 0) is 4.79 Å². The molecule has 74 valence electrons. The maximum atomic E-state index is 13.3. The average Bonchev–Trinajstić information content (AvgIpc) is 2.42. The fourth-order valence-corrected chi connectivity index (χ4v) is 3.02. The van der Waals surface area contributed by atoms with Gasteiger partial charge < -0.3 is 5.11 Å². The predicted octanol–water partition coefficient (Wildman–Crippen LogP) is 2.49. The third kappa shape index (κ3) is 1.30. The maximum Gasteiger partial charge on any atom is 0.312 e. The Morgan fingerprint density at radius 1 is 1.57 bits per heavy atom. The molecule has 1 N–H and O–H groups in total. The summed E-state index contributed by atoms with van der Waals surface area (Å²) in [6, 6.07) is 4.61. The molecule has 0 aromatic heterocycles. The maximum absolute atomic E-state index is 13.3. The van der Waals surface area contributed by atoms with E-state index in [0.717, 1.165) is 0 Å². The van der Waals surface area contributed by atoms with Crippen LogP contribution in [0, 0.1) is 5.82 Å². The van der Waals surface area contributed by atoms with Crippen LogP contribution in [0.5, 0.6) is 0 Å². The molecular weight excluding hydrogens is 203 g/mol. The van der Waals surface area contributed by atoms with Crippen molar-refractivity contribution in [2.45, 2.75) is 23.0 Å². The van der Waals surface area contributed by atoms with Crippen LogP contribution in [0.3, 0.4) is 0 Å². The molecule has 1 aromatic carbocycles. The highest BCUT2D eigenvalue weighted by Gasteiger charge is 2.36. The SMILES string of the molecule is CC1Sc2c(F)cccc2C1C(=O)O. The molecule has 0 saturated heterocycles. The topological polar surface area (TPSA) is 37.3 Å². The van der Waals surface area contributed by atoms with E-state index in [9.17, 15) is 9.18 Å². The first-order valence-corrected chi connectivity index (χ1v) is 5.17. The summed E-state index contributed by atoms with van der Waals surface area (Å²) < 4.78 is 13.3. The second-order valence-corrected chi connectivity index (χ2v) is 4.68. The lowest BCUT2D eigenvalue weighted by atomic mass is 9.97. The first-order valence-electron chi connectivity index (χ1n) is 4.29. The van der Waals surface area contributed by atoms with Crippen molar-refractivity contribution in [3.63, 3.8) is 0 Å². The first-order chi connectivity index (χ1) is 6.61. The molecule has 0 amide bonds. The molecule has 0 aliphatic carbocycles. The standard InChI is InChI=1S/C10H9FO2S/c1-5-8(10(12)13)6-3-2-4-7(11)9(6)14-5/h2-5,8H,1H3,(H,12,13). The van der Waals surface area contributed by atoms with Crippen LogP contribution in [-0.4, -0.2) is 16.3 Å². The van der Waals surface area contributed by atoms with E-state index in [1.165, 1.54) is 17.8 Å². The molecule has 0 radical (unpaired) electrons. The highest BCUT2D eigenvalue weighted by Crippen LogP contribution is 2.46. The van der Waals surface area contributed by atoms with Crippen LogP contribution in [0.25, 0.3) is 0 Å². The number of halogens is 1. The molecule has 1 aliphatic rings. The third-order valence-corrected chi connectivity index (χ3v) is 3.68. The van der Waals surface area contributed by atoms with E-state index in [-0.39, 0.29) is 11.1 Å². The molecule has 2 unspecified atom stereocenters. The van der Waals surface area contributed by atoms with Gasteiger partial charge >= 0.3 is 5.97 Å². The molecule has 0 fully saturated rings. The fourth-order valence-electron chi connectivity index (χ4n) is 1.74. The van der Waals surface area contributed by atoms with Crippen molar-refractivity contribution in [2.75, 3.05) is 0 Å². The Morgan fingerprint density at radius 2 is 2.29 bits per heavy atom. The smallest absolute Gasteiger partial charge is 0.312 e. The van der Waals surface area contributed by atoms with Crippen molar-refractivity contribution >= 4 is 17.7 Å². The minimum Gasteiger partial charge on any atom is -0.481 e. The monoisotopic (exact) mass is 212 g/mol. The van der Waals surface area contributed by atoms with E-state index in [2.05, 4.69) is 0 Å². The van der Waals surface area contributed by atoms with Crippen LogP contribution in [0.4, 0.5) is 4.39 Å². The minimum absolute atomic E-state index is 0.0978. The molecule has 14 heavy (non-hydrogen) atoms. The summed E-state index contributed by atoms with van der Waals surface area (Å²) in [7, 11) is 0. The number of rotatable bonds is 1. The molecule has 4 heteroatoms. The molecule has 0 bridgehead atoms. The summed E-state index contributed by atoms with van der Waals surface area (Å²) in [5.41, 5.74) is 0.606. The van der Waals surface area contributed by atoms with E-state index < -0.39 is 11.9 Å². The van der Waals surface area contributed by atoms with Crippen molar-refractivity contribution in [1.29, 1.82) is 0 Å². The van der Waals surface area contributed by atoms with Crippen molar-refractivity contribution in [1.82, 2.24) is 0 Å². The lowest BCUT2D eigenvalue weighted by Crippen LogP contribution is -2.16. The van der Waals surface area contributed by atoms with Gasteiger partial charge in [0.1, 0.15) is 5.82 Å². The van der Waals surface area contributed by atoms with E-state index in [0.29, 0.717) is 10.5 Å². The van der Waals surface area contributed by atoms with Crippen LogP contribution in [0.15, 0.2) is 23.1 Å². The van der Waals surface area contributed by atoms with Crippen LogP contribution in [0.1, 0.15) is 18.4 Å². The van der Waals surface area contributed by atoms with Gasteiger partial charge in [-0.05, 0) is 11.6 Å². The highest BCUT2D eigenvalue weighted by molar-refractivity contribution is 8.00. The number of aliphatic carboxylic acids is 1. The quantitative estimate of drug-likeness (QED) is 0.777. The summed E-state index contributed by atoms with van der Waals surface area (Å²) >= 11 is 1.30. The predicted molar refractivity (Wildman–Crippen MR) is 52.1 cm³/mol. The molecule has 0 spiro atoms. The molecule has 1 heterocycles. The number of carbonyl (C=O) groups is 1. The van der Waals surface area contributed by atoms with Gasteiger partial charge in [0.25, 0.3) is 0 Å². The van der Waals surface area contributed by atoms with E-state index in [1.54, 1.807) is 12.1 Å². The number of benzene rings is 1. The number of carboxylic acids is 1. The van der Waals surface area contributed by atoms with Crippen LogP contribution in [0.2, 0.25) is 0 Å². The van der Waals surface area contributed by atoms with E-state index in [1.807, 2.05) is 6.92 Å². The van der Waals surface area contributed by atoms with Gasteiger partial charge in [-0.25, -0.2) is 4.39 Å². The Morgan fingerprint density at radius 3 is 2.93 bits per heavy atom. The number of fused-ring (bicyclic) bond motifs is 1. The second-order valence-electron chi connectivity index (χ2n) is 3.30. The lowest BCUT2D eigenvalue weighted by molar-refractivity contribution is -0.138. The van der Waals surface area contributed by atoms with Gasteiger partial charge in [0.15, 0.2) is 0 Å². The fraction of sp³-hybridized carbons (Fsp3) is 0.300. The Kier molecular flexibility index (Phi) is 2.23. The number of carboxylic acid groups (broad SMARTS) is 1. The number of hydrogen-bond donors (Lipinski definition) is 1. The Bertz CT molecular complexity index is 392. The summed E-state index contributed by atoms with van der Waals surface area (Å²) in [6.07, 6.45) is 0. The Labute approximate surface area is 85.1 Å². The zero-order valence-electron chi connectivity index (χ0n) is 7.53. The van der Waals surface area contributed by atoms with Gasteiger partial charge in [-0.15, -0.1) is 11.8 Å². The van der Waals surface area contributed by atoms with Crippen molar-refractivity contribution in [3.05, 3.63) is 29.6 Å². The zero-order chi connectivity index (χ0) is 10.3. The molecule has 1 aliphatic heterocycles. The molecule has 2 nitrogen and oxygen atoms in total. The average molecular weight is 212 g/mol. The van der Waals surface area contributed by atoms with Crippen LogP contribution < -0.4 is 0 Å². The van der Waals surface area contributed by atoms with Crippen molar-refractivity contribution in [3.8, 4) is 0 Å². The minimum atomic E-state index is -0.880. The Balaban J connectivity index is 2.53. The summed E-state index contributed by atoms with van der Waals surface area (Å²) in [6.45, 7) is 1.81. The molecule has 2 atom stereocenters.